The van der Waals surface area contributed by atoms with Gasteiger partial charge in [0.2, 0.25) is 0 Å². The standard InChI is InChI=1S/C20H34O2/c1-7-14(2)9-10-16-19(5)12-8-11-18(3,4)17(19)15(21)13-20(16,6)22/h7,15-17,21-22H,1-2,8-13H2,3-6H3/t15-,16+,17-,19+,20+/m1/s1. The van der Waals surface area contributed by atoms with E-state index in [4.69, 9.17) is 0 Å². The van der Waals surface area contributed by atoms with Crippen LogP contribution in [0.5, 0.6) is 0 Å². The summed E-state index contributed by atoms with van der Waals surface area (Å²) in [6.07, 6.45) is 7.14. The van der Waals surface area contributed by atoms with Gasteiger partial charge in [-0.1, -0.05) is 52.0 Å². The maximum Gasteiger partial charge on any atom is 0.0677 e. The molecule has 2 heteroatoms. The van der Waals surface area contributed by atoms with Crippen LogP contribution >= 0.6 is 0 Å². The molecule has 2 rings (SSSR count). The maximum absolute atomic E-state index is 11.0. The molecule has 0 amide bonds. The fourth-order valence-electron chi connectivity index (χ4n) is 5.95. The highest BCUT2D eigenvalue weighted by Gasteiger charge is 2.60. The molecule has 0 heterocycles. The van der Waals surface area contributed by atoms with Gasteiger partial charge in [-0.2, -0.15) is 0 Å². The topological polar surface area (TPSA) is 40.5 Å². The minimum Gasteiger partial charge on any atom is -0.393 e. The minimum absolute atomic E-state index is 0.00956. The van der Waals surface area contributed by atoms with Crippen molar-refractivity contribution in [1.82, 2.24) is 0 Å². The Morgan fingerprint density at radius 2 is 1.86 bits per heavy atom. The van der Waals surface area contributed by atoms with Gasteiger partial charge in [0.25, 0.3) is 0 Å². The van der Waals surface area contributed by atoms with Crippen LogP contribution in [-0.2, 0) is 0 Å². The summed E-state index contributed by atoms with van der Waals surface area (Å²) in [6, 6.07) is 0. The summed E-state index contributed by atoms with van der Waals surface area (Å²) >= 11 is 0. The van der Waals surface area contributed by atoms with Crippen molar-refractivity contribution in [3.63, 3.8) is 0 Å². The SMILES string of the molecule is C=CC(=C)CC[C@H]1[C@]2(C)CCCC(C)(C)[C@H]2[C@H](O)C[C@]1(C)O. The lowest BCUT2D eigenvalue weighted by Crippen LogP contribution is -2.62. The number of aliphatic hydroxyl groups excluding tert-OH is 1. The van der Waals surface area contributed by atoms with Crippen molar-refractivity contribution >= 4 is 0 Å². The van der Waals surface area contributed by atoms with E-state index in [2.05, 4.69) is 33.9 Å². The zero-order valence-electron chi connectivity index (χ0n) is 14.9. The Hall–Kier alpha value is -0.600. The molecule has 2 N–H and O–H groups in total. The summed E-state index contributed by atoms with van der Waals surface area (Å²) in [4.78, 5) is 0. The Balaban J connectivity index is 2.35. The van der Waals surface area contributed by atoms with Crippen LogP contribution in [0.2, 0.25) is 0 Å². The summed E-state index contributed by atoms with van der Waals surface area (Å²) in [5.41, 5.74) is 0.359. The van der Waals surface area contributed by atoms with E-state index in [0.717, 1.165) is 24.8 Å². The summed E-state index contributed by atoms with van der Waals surface area (Å²) in [7, 11) is 0. The lowest BCUT2D eigenvalue weighted by Gasteiger charge is -2.63. The van der Waals surface area contributed by atoms with Crippen LogP contribution in [0.25, 0.3) is 0 Å². The summed E-state index contributed by atoms with van der Waals surface area (Å²) < 4.78 is 0. The molecule has 0 spiro atoms. The van der Waals surface area contributed by atoms with Crippen molar-refractivity contribution in [3.8, 4) is 0 Å². The first kappa shape index (κ1) is 17.7. The van der Waals surface area contributed by atoms with Crippen LogP contribution in [0.3, 0.4) is 0 Å². The van der Waals surface area contributed by atoms with E-state index in [1.807, 2.05) is 13.0 Å². The molecule has 0 unspecified atom stereocenters. The molecule has 2 saturated carbocycles. The minimum atomic E-state index is -0.806. The van der Waals surface area contributed by atoms with E-state index in [1.54, 1.807) is 0 Å². The number of hydrogen-bond acceptors (Lipinski definition) is 2. The van der Waals surface area contributed by atoms with E-state index in [0.29, 0.717) is 6.42 Å². The first-order valence-corrected chi connectivity index (χ1v) is 8.75. The molecule has 0 aromatic carbocycles. The van der Waals surface area contributed by atoms with Gasteiger partial charge in [-0.15, -0.1) is 0 Å². The van der Waals surface area contributed by atoms with E-state index in [1.165, 1.54) is 12.8 Å². The number of aliphatic hydroxyl groups is 2. The van der Waals surface area contributed by atoms with Crippen LogP contribution in [-0.4, -0.2) is 21.9 Å². The lowest BCUT2D eigenvalue weighted by molar-refractivity contribution is -0.214. The molecule has 0 radical (unpaired) electrons. The third-order valence-corrected chi connectivity index (χ3v) is 6.69. The second-order valence-corrected chi connectivity index (χ2v) is 8.91. The van der Waals surface area contributed by atoms with Crippen LogP contribution < -0.4 is 0 Å². The van der Waals surface area contributed by atoms with Gasteiger partial charge in [-0.3, -0.25) is 0 Å². The van der Waals surface area contributed by atoms with Gasteiger partial charge in [0.15, 0.2) is 0 Å². The predicted octanol–water partition coefficient (Wildman–Crippen LogP) is 4.47. The number of rotatable bonds is 4. The van der Waals surface area contributed by atoms with Crippen LogP contribution in [0.15, 0.2) is 24.8 Å². The van der Waals surface area contributed by atoms with Crippen molar-refractivity contribution in [2.75, 3.05) is 0 Å². The molecular formula is C20H34O2. The van der Waals surface area contributed by atoms with Gasteiger partial charge in [0.05, 0.1) is 11.7 Å². The molecule has 2 aliphatic carbocycles. The summed E-state index contributed by atoms with van der Waals surface area (Å²) in [5.74, 6) is 0.459. The Morgan fingerprint density at radius 3 is 2.45 bits per heavy atom. The first-order chi connectivity index (χ1) is 10.0. The lowest BCUT2D eigenvalue weighted by atomic mass is 9.44. The average Bonchev–Trinajstić information content (AvgIpc) is 2.34. The Bertz CT molecular complexity index is 449. The van der Waals surface area contributed by atoms with Crippen molar-refractivity contribution in [1.29, 1.82) is 0 Å². The van der Waals surface area contributed by atoms with Crippen LogP contribution in [0, 0.1) is 22.7 Å². The van der Waals surface area contributed by atoms with Gasteiger partial charge in [-0.05, 0) is 55.3 Å². The molecule has 5 atom stereocenters. The highest BCUT2D eigenvalue weighted by atomic mass is 16.3. The molecule has 0 aromatic heterocycles. The molecule has 0 bridgehead atoms. The fraction of sp³-hybridized carbons (Fsp3) is 0.800. The van der Waals surface area contributed by atoms with Crippen molar-refractivity contribution in [2.24, 2.45) is 22.7 Å². The van der Waals surface area contributed by atoms with Gasteiger partial charge in [-0.25, -0.2) is 0 Å². The van der Waals surface area contributed by atoms with Gasteiger partial charge in [0.1, 0.15) is 0 Å². The smallest absolute Gasteiger partial charge is 0.0677 e. The highest BCUT2D eigenvalue weighted by molar-refractivity contribution is 5.14. The third-order valence-electron chi connectivity index (χ3n) is 6.69. The summed E-state index contributed by atoms with van der Waals surface area (Å²) in [6.45, 7) is 16.6. The Morgan fingerprint density at radius 1 is 1.23 bits per heavy atom. The van der Waals surface area contributed by atoms with Crippen molar-refractivity contribution < 1.29 is 10.2 Å². The van der Waals surface area contributed by atoms with Crippen LogP contribution in [0.1, 0.15) is 66.2 Å². The third kappa shape index (κ3) is 2.92. The molecule has 2 aliphatic rings. The van der Waals surface area contributed by atoms with E-state index in [9.17, 15) is 10.2 Å². The maximum atomic E-state index is 11.0. The molecule has 2 nitrogen and oxygen atoms in total. The Kier molecular flexibility index (Phi) is 4.68. The van der Waals surface area contributed by atoms with Gasteiger partial charge in [0, 0.05) is 6.42 Å². The molecule has 126 valence electrons. The van der Waals surface area contributed by atoms with E-state index < -0.39 is 11.7 Å². The number of hydrogen-bond donors (Lipinski definition) is 2. The number of fused-ring (bicyclic) bond motifs is 1. The van der Waals surface area contributed by atoms with Gasteiger partial charge >= 0.3 is 0 Å². The van der Waals surface area contributed by atoms with Crippen molar-refractivity contribution in [3.05, 3.63) is 24.8 Å². The zero-order chi connectivity index (χ0) is 16.8. The largest absolute Gasteiger partial charge is 0.393 e. The molecular weight excluding hydrogens is 272 g/mol. The predicted molar refractivity (Wildman–Crippen MR) is 92.5 cm³/mol. The molecule has 0 aromatic rings. The molecule has 0 saturated heterocycles. The first-order valence-electron chi connectivity index (χ1n) is 8.75. The van der Waals surface area contributed by atoms with Crippen molar-refractivity contribution in [2.45, 2.75) is 77.9 Å². The zero-order valence-corrected chi connectivity index (χ0v) is 14.9. The highest BCUT2D eigenvalue weighted by Crippen LogP contribution is 2.62. The second kappa shape index (κ2) is 5.79. The van der Waals surface area contributed by atoms with Gasteiger partial charge < -0.3 is 10.2 Å². The number of allylic oxidation sites excluding steroid dienone is 2. The Labute approximate surface area is 136 Å². The van der Waals surface area contributed by atoms with Crippen LogP contribution in [0.4, 0.5) is 0 Å². The second-order valence-electron chi connectivity index (χ2n) is 8.91. The summed E-state index contributed by atoms with van der Waals surface area (Å²) in [5, 5.41) is 21.8. The monoisotopic (exact) mass is 306 g/mol. The normalized spacial score (nSPS) is 44.2. The fourth-order valence-corrected chi connectivity index (χ4v) is 5.95. The molecule has 2 fully saturated rings. The average molecular weight is 306 g/mol. The quantitative estimate of drug-likeness (QED) is 0.752. The van der Waals surface area contributed by atoms with E-state index in [-0.39, 0.29) is 22.7 Å². The molecule has 22 heavy (non-hydrogen) atoms. The van der Waals surface area contributed by atoms with E-state index >= 15 is 0 Å². The molecule has 0 aliphatic heterocycles.